The Labute approximate surface area is 162 Å². The fourth-order valence-corrected chi connectivity index (χ4v) is 2.79. The number of pyridine rings is 1. The number of halogens is 2. The summed E-state index contributed by atoms with van der Waals surface area (Å²) < 4.78 is 0. The third-order valence-corrected chi connectivity index (χ3v) is 4.31. The molecule has 0 saturated heterocycles. The van der Waals surface area contributed by atoms with Crippen LogP contribution in [0.3, 0.4) is 0 Å². The minimum Gasteiger partial charge on any atom is -0.353 e. The van der Waals surface area contributed by atoms with Crippen LogP contribution in [0, 0.1) is 0 Å². The van der Waals surface area contributed by atoms with Crippen LogP contribution in [0.25, 0.3) is 0 Å². The van der Waals surface area contributed by atoms with Crippen molar-refractivity contribution in [2.45, 2.75) is 6.42 Å². The molecule has 1 heterocycles. The third kappa shape index (κ3) is 4.97. The number of carbonyl (C=O) groups is 1. The molecule has 132 valence electrons. The van der Waals surface area contributed by atoms with Crippen LogP contribution in [0.5, 0.6) is 0 Å². The van der Waals surface area contributed by atoms with E-state index >= 15 is 0 Å². The first-order chi connectivity index (χ1) is 12.6. The smallest absolute Gasteiger partial charge is 0.252 e. The van der Waals surface area contributed by atoms with Crippen LogP contribution >= 0.6 is 23.2 Å². The molecule has 1 aromatic heterocycles. The van der Waals surface area contributed by atoms with Gasteiger partial charge in [0.2, 0.25) is 0 Å². The second kappa shape index (κ2) is 8.70. The van der Waals surface area contributed by atoms with Gasteiger partial charge >= 0.3 is 0 Å². The number of benzene rings is 2. The molecule has 0 unspecified atom stereocenters. The summed E-state index contributed by atoms with van der Waals surface area (Å²) in [5.41, 5.74) is 2.96. The number of hydrogen-bond acceptors (Lipinski definition) is 3. The predicted molar refractivity (Wildman–Crippen MR) is 106 cm³/mol. The lowest BCUT2D eigenvalue weighted by Gasteiger charge is -2.10. The highest BCUT2D eigenvalue weighted by molar-refractivity contribution is 6.35. The molecule has 6 heteroatoms. The van der Waals surface area contributed by atoms with Gasteiger partial charge in [-0.1, -0.05) is 53.5 Å². The summed E-state index contributed by atoms with van der Waals surface area (Å²) >= 11 is 12.1. The molecule has 0 bridgehead atoms. The molecule has 1 amide bonds. The van der Waals surface area contributed by atoms with Crippen molar-refractivity contribution in [2.24, 2.45) is 0 Å². The molecule has 0 atom stereocenters. The van der Waals surface area contributed by atoms with Crippen molar-refractivity contribution >= 4 is 40.5 Å². The monoisotopic (exact) mass is 385 g/mol. The highest BCUT2D eigenvalue weighted by Crippen LogP contribution is 2.28. The van der Waals surface area contributed by atoms with E-state index in [1.54, 1.807) is 30.5 Å². The quantitative estimate of drug-likeness (QED) is 0.620. The Balaban J connectivity index is 1.63. The molecule has 0 spiro atoms. The number of nitrogens with zero attached hydrogens (tertiary/aromatic N) is 1. The first-order valence-corrected chi connectivity index (χ1v) is 8.86. The second-order valence-electron chi connectivity index (χ2n) is 5.70. The normalized spacial score (nSPS) is 10.4. The second-order valence-corrected chi connectivity index (χ2v) is 6.55. The Morgan fingerprint density at radius 3 is 2.62 bits per heavy atom. The summed E-state index contributed by atoms with van der Waals surface area (Å²) in [6.07, 6.45) is 3.93. The number of aromatic nitrogens is 1. The van der Waals surface area contributed by atoms with E-state index in [-0.39, 0.29) is 5.91 Å². The number of nitrogens with one attached hydrogen (secondary N) is 2. The van der Waals surface area contributed by atoms with Crippen molar-refractivity contribution in [3.8, 4) is 0 Å². The van der Waals surface area contributed by atoms with Gasteiger partial charge in [0, 0.05) is 17.8 Å². The molecule has 2 aromatic carbocycles. The van der Waals surface area contributed by atoms with Crippen LogP contribution in [0.1, 0.15) is 15.9 Å². The summed E-state index contributed by atoms with van der Waals surface area (Å²) in [7, 11) is 0. The van der Waals surface area contributed by atoms with Gasteiger partial charge in [0.1, 0.15) is 0 Å². The van der Waals surface area contributed by atoms with Crippen LogP contribution in [-0.2, 0) is 6.42 Å². The van der Waals surface area contributed by atoms with E-state index in [1.165, 1.54) is 11.8 Å². The van der Waals surface area contributed by atoms with Crippen LogP contribution in [0.4, 0.5) is 11.4 Å². The van der Waals surface area contributed by atoms with Gasteiger partial charge in [-0.25, -0.2) is 0 Å². The Morgan fingerprint density at radius 1 is 1.00 bits per heavy atom. The molecule has 4 nitrogen and oxygen atoms in total. The average molecular weight is 386 g/mol. The first-order valence-electron chi connectivity index (χ1n) is 8.11. The van der Waals surface area contributed by atoms with Crippen LogP contribution < -0.4 is 10.6 Å². The van der Waals surface area contributed by atoms with Crippen molar-refractivity contribution < 1.29 is 4.79 Å². The number of amides is 1. The maximum atomic E-state index is 12.3. The van der Waals surface area contributed by atoms with Gasteiger partial charge in [-0.15, -0.1) is 0 Å². The lowest BCUT2D eigenvalue weighted by Crippen LogP contribution is -2.25. The maximum absolute atomic E-state index is 12.3. The molecular formula is C20H17Cl2N3O. The number of hydrogen-bond donors (Lipinski definition) is 2. The minimum absolute atomic E-state index is 0.172. The summed E-state index contributed by atoms with van der Waals surface area (Å²) in [6, 6.07) is 16.9. The highest BCUT2D eigenvalue weighted by atomic mass is 35.5. The summed E-state index contributed by atoms with van der Waals surface area (Å²) in [4.78, 5) is 16.5. The molecule has 0 aliphatic rings. The number of rotatable bonds is 6. The Morgan fingerprint density at radius 2 is 1.81 bits per heavy atom. The predicted octanol–water partition coefficient (Wildman–Crippen LogP) is 5.10. The first kappa shape index (κ1) is 18.2. The molecule has 0 aliphatic heterocycles. The van der Waals surface area contributed by atoms with Gasteiger partial charge in [-0.3, -0.25) is 9.78 Å². The summed E-state index contributed by atoms with van der Waals surface area (Å²) in [5, 5.41) is 7.14. The van der Waals surface area contributed by atoms with Gasteiger partial charge in [-0.2, -0.15) is 0 Å². The zero-order valence-electron chi connectivity index (χ0n) is 13.9. The molecule has 0 saturated carbocycles. The summed E-state index contributed by atoms with van der Waals surface area (Å²) in [6.45, 7) is 0.556. The van der Waals surface area contributed by atoms with E-state index in [2.05, 4.69) is 15.6 Å². The molecule has 0 aliphatic carbocycles. The van der Waals surface area contributed by atoms with E-state index < -0.39 is 0 Å². The van der Waals surface area contributed by atoms with Crippen molar-refractivity contribution in [3.05, 3.63) is 88.2 Å². The van der Waals surface area contributed by atoms with Crippen molar-refractivity contribution in [1.29, 1.82) is 0 Å². The van der Waals surface area contributed by atoms with Crippen LogP contribution in [0.15, 0.2) is 67.0 Å². The SMILES string of the molecule is O=C(NCCc1ccccc1)c1cncc(Nc2cc(Cl)ccc2Cl)c1. The van der Waals surface area contributed by atoms with Gasteiger partial charge in [0.05, 0.1) is 28.2 Å². The lowest BCUT2D eigenvalue weighted by atomic mass is 10.1. The molecular weight excluding hydrogens is 369 g/mol. The Bertz CT molecular complexity index is 901. The van der Waals surface area contributed by atoms with E-state index in [4.69, 9.17) is 23.2 Å². The largest absolute Gasteiger partial charge is 0.353 e. The van der Waals surface area contributed by atoms with Crippen molar-refractivity contribution in [2.75, 3.05) is 11.9 Å². The zero-order chi connectivity index (χ0) is 18.4. The molecule has 3 aromatic rings. The fourth-order valence-electron chi connectivity index (χ4n) is 2.45. The van der Waals surface area contributed by atoms with E-state index in [0.29, 0.717) is 33.5 Å². The van der Waals surface area contributed by atoms with E-state index in [0.717, 1.165) is 6.42 Å². The van der Waals surface area contributed by atoms with Gasteiger partial charge < -0.3 is 10.6 Å². The van der Waals surface area contributed by atoms with Gasteiger partial charge in [0.25, 0.3) is 5.91 Å². The molecule has 26 heavy (non-hydrogen) atoms. The molecule has 3 rings (SSSR count). The van der Waals surface area contributed by atoms with Crippen LogP contribution in [0.2, 0.25) is 10.0 Å². The zero-order valence-corrected chi connectivity index (χ0v) is 15.4. The van der Waals surface area contributed by atoms with Crippen molar-refractivity contribution in [3.63, 3.8) is 0 Å². The van der Waals surface area contributed by atoms with E-state index in [1.807, 2.05) is 30.3 Å². The molecule has 0 radical (unpaired) electrons. The van der Waals surface area contributed by atoms with Crippen molar-refractivity contribution in [1.82, 2.24) is 10.3 Å². The minimum atomic E-state index is -0.172. The van der Waals surface area contributed by atoms with Gasteiger partial charge in [-0.05, 0) is 36.2 Å². The third-order valence-electron chi connectivity index (χ3n) is 3.75. The maximum Gasteiger partial charge on any atom is 0.252 e. The topological polar surface area (TPSA) is 54.0 Å². The fraction of sp³-hybridized carbons (Fsp3) is 0.100. The Kier molecular flexibility index (Phi) is 6.10. The van der Waals surface area contributed by atoms with Gasteiger partial charge in [0.15, 0.2) is 0 Å². The lowest BCUT2D eigenvalue weighted by molar-refractivity contribution is 0.0954. The van der Waals surface area contributed by atoms with E-state index in [9.17, 15) is 4.79 Å². The average Bonchev–Trinajstić information content (AvgIpc) is 2.66. The number of anilines is 2. The number of carbonyl (C=O) groups excluding carboxylic acids is 1. The Hall–Kier alpha value is -2.56. The standard InChI is InChI=1S/C20H17Cl2N3O/c21-16-6-7-18(22)19(11-16)25-17-10-15(12-23-13-17)20(26)24-9-8-14-4-2-1-3-5-14/h1-7,10-13,25H,8-9H2,(H,24,26). The molecule has 2 N–H and O–H groups in total. The van der Waals surface area contributed by atoms with Crippen LogP contribution in [-0.4, -0.2) is 17.4 Å². The summed E-state index contributed by atoms with van der Waals surface area (Å²) in [5.74, 6) is -0.172. The molecule has 0 fully saturated rings. The highest BCUT2D eigenvalue weighted by Gasteiger charge is 2.08.